The van der Waals surface area contributed by atoms with Gasteiger partial charge in [-0.3, -0.25) is 4.79 Å². The summed E-state index contributed by atoms with van der Waals surface area (Å²) in [5.41, 5.74) is 2.22. The van der Waals surface area contributed by atoms with Gasteiger partial charge in [-0.1, -0.05) is 29.8 Å². The van der Waals surface area contributed by atoms with Gasteiger partial charge in [-0.25, -0.2) is 0 Å². The number of amides is 1. The lowest BCUT2D eigenvalue weighted by molar-refractivity contribution is -0.128. The molecule has 1 rings (SSSR count). The molecule has 0 aromatic heterocycles. The number of rotatable bonds is 3. The minimum Gasteiger partial charge on any atom is -0.384 e. The molecular formula is C11H15NO2. The molecule has 1 aromatic rings. The maximum absolute atomic E-state index is 11.0. The molecule has 14 heavy (non-hydrogen) atoms. The van der Waals surface area contributed by atoms with E-state index in [9.17, 15) is 4.79 Å². The number of aryl methyl sites for hydroxylation is 1. The molecule has 0 heterocycles. The van der Waals surface area contributed by atoms with Crippen LogP contribution in [0, 0.1) is 6.92 Å². The molecule has 0 fully saturated rings. The zero-order valence-corrected chi connectivity index (χ0v) is 8.45. The molecule has 0 saturated heterocycles. The highest BCUT2D eigenvalue weighted by atomic mass is 16.3. The summed E-state index contributed by atoms with van der Waals surface area (Å²) in [6.45, 7) is 3.92. The number of carbonyl (C=O) groups is 1. The van der Waals surface area contributed by atoms with E-state index in [1.165, 1.54) is 12.5 Å². The van der Waals surface area contributed by atoms with E-state index in [0.717, 1.165) is 5.56 Å². The van der Waals surface area contributed by atoms with Crippen LogP contribution in [0.25, 0.3) is 0 Å². The molecule has 0 bridgehead atoms. The van der Waals surface area contributed by atoms with Crippen molar-refractivity contribution in [2.24, 2.45) is 0 Å². The fourth-order valence-electron chi connectivity index (χ4n) is 1.04. The molecule has 0 aliphatic carbocycles. The van der Waals surface area contributed by atoms with Crippen LogP contribution in [0.3, 0.4) is 0 Å². The van der Waals surface area contributed by atoms with Crippen LogP contribution in [0.2, 0.25) is 0 Å². The molecule has 0 aliphatic rings. The van der Waals surface area contributed by atoms with Gasteiger partial charge in [-0.15, -0.1) is 0 Å². The van der Waals surface area contributed by atoms with Crippen molar-refractivity contribution in [3.63, 3.8) is 0 Å². The predicted molar refractivity (Wildman–Crippen MR) is 54.7 cm³/mol. The number of aliphatic hydroxyl groups excluding tert-OH is 1. The zero-order valence-electron chi connectivity index (χ0n) is 8.45. The monoisotopic (exact) mass is 193 g/mol. The van der Waals surface area contributed by atoms with Crippen LogP contribution < -0.4 is 5.32 Å². The lowest BCUT2D eigenvalue weighted by Gasteiger charge is -2.06. The topological polar surface area (TPSA) is 49.3 Å². The molecule has 0 saturated carbocycles. The van der Waals surface area contributed by atoms with Crippen LogP contribution in [0.15, 0.2) is 24.3 Å². The Morgan fingerprint density at radius 1 is 1.43 bits per heavy atom. The van der Waals surface area contributed by atoms with Crippen LogP contribution in [-0.2, 0) is 11.3 Å². The van der Waals surface area contributed by atoms with E-state index in [1.54, 1.807) is 0 Å². The standard InChI is InChI=1S/C11H15NO2/c1-8-3-5-10(6-4-8)7-12-11(14)9(2)13/h3-6,9,13H,7H2,1-2H3,(H,12,14). The van der Waals surface area contributed by atoms with Crippen LogP contribution in [-0.4, -0.2) is 17.1 Å². The molecule has 1 aromatic carbocycles. The van der Waals surface area contributed by atoms with Gasteiger partial charge in [0.25, 0.3) is 0 Å². The highest BCUT2D eigenvalue weighted by molar-refractivity contribution is 5.79. The minimum absolute atomic E-state index is 0.342. The minimum atomic E-state index is -0.944. The molecule has 76 valence electrons. The molecule has 1 unspecified atom stereocenters. The third-order valence-electron chi connectivity index (χ3n) is 1.97. The summed E-state index contributed by atoms with van der Waals surface area (Å²) in [7, 11) is 0. The number of aliphatic hydroxyl groups is 1. The first-order chi connectivity index (χ1) is 6.59. The van der Waals surface area contributed by atoms with Gasteiger partial charge in [0.1, 0.15) is 6.10 Å². The van der Waals surface area contributed by atoms with Crippen molar-refractivity contribution >= 4 is 5.91 Å². The second-order valence-electron chi connectivity index (χ2n) is 3.38. The van der Waals surface area contributed by atoms with Crippen molar-refractivity contribution in [2.75, 3.05) is 0 Å². The maximum Gasteiger partial charge on any atom is 0.248 e. The van der Waals surface area contributed by atoms with Gasteiger partial charge < -0.3 is 10.4 Å². The van der Waals surface area contributed by atoms with Crippen molar-refractivity contribution in [3.8, 4) is 0 Å². The average Bonchev–Trinajstić information content (AvgIpc) is 2.16. The molecule has 1 atom stereocenters. The summed E-state index contributed by atoms with van der Waals surface area (Å²) in [5.74, 6) is -0.342. The van der Waals surface area contributed by atoms with E-state index >= 15 is 0 Å². The van der Waals surface area contributed by atoms with Crippen LogP contribution in [0.5, 0.6) is 0 Å². The Morgan fingerprint density at radius 3 is 2.50 bits per heavy atom. The number of nitrogens with one attached hydrogen (secondary N) is 1. The molecule has 2 N–H and O–H groups in total. The van der Waals surface area contributed by atoms with E-state index in [1.807, 2.05) is 31.2 Å². The molecular weight excluding hydrogens is 178 g/mol. The molecule has 1 amide bonds. The van der Waals surface area contributed by atoms with Gasteiger partial charge in [0.05, 0.1) is 0 Å². The van der Waals surface area contributed by atoms with E-state index < -0.39 is 6.10 Å². The van der Waals surface area contributed by atoms with Gasteiger partial charge in [0.2, 0.25) is 5.91 Å². The van der Waals surface area contributed by atoms with Crippen molar-refractivity contribution < 1.29 is 9.90 Å². The van der Waals surface area contributed by atoms with Gasteiger partial charge in [-0.05, 0) is 19.4 Å². The van der Waals surface area contributed by atoms with E-state index in [2.05, 4.69) is 5.32 Å². The Morgan fingerprint density at radius 2 is 2.00 bits per heavy atom. The summed E-state index contributed by atoms with van der Waals surface area (Å²) in [6.07, 6.45) is -0.944. The molecule has 0 radical (unpaired) electrons. The highest BCUT2D eigenvalue weighted by Gasteiger charge is 2.06. The van der Waals surface area contributed by atoms with Gasteiger partial charge in [-0.2, -0.15) is 0 Å². The lowest BCUT2D eigenvalue weighted by atomic mass is 10.1. The Hall–Kier alpha value is -1.35. The van der Waals surface area contributed by atoms with Crippen molar-refractivity contribution in [2.45, 2.75) is 26.5 Å². The molecule has 0 spiro atoms. The molecule has 3 heteroatoms. The summed E-state index contributed by atoms with van der Waals surface area (Å²) >= 11 is 0. The van der Waals surface area contributed by atoms with Crippen LogP contribution in [0.1, 0.15) is 18.1 Å². The highest BCUT2D eigenvalue weighted by Crippen LogP contribution is 2.02. The fraction of sp³-hybridized carbons (Fsp3) is 0.364. The number of hydrogen-bond donors (Lipinski definition) is 2. The third kappa shape index (κ3) is 3.18. The van der Waals surface area contributed by atoms with Crippen molar-refractivity contribution in [1.82, 2.24) is 5.32 Å². The predicted octanol–water partition coefficient (Wildman–Crippen LogP) is 0.992. The second kappa shape index (κ2) is 4.77. The summed E-state index contributed by atoms with van der Waals surface area (Å²) in [6, 6.07) is 7.89. The molecule has 0 aliphatic heterocycles. The Bertz CT molecular complexity index is 304. The molecule has 3 nitrogen and oxygen atoms in total. The lowest BCUT2D eigenvalue weighted by Crippen LogP contribution is -2.31. The number of benzene rings is 1. The van der Waals surface area contributed by atoms with Crippen LogP contribution in [0.4, 0.5) is 0 Å². The SMILES string of the molecule is Cc1ccc(CNC(=O)C(C)O)cc1. The first-order valence-electron chi connectivity index (χ1n) is 4.61. The first kappa shape index (κ1) is 10.7. The third-order valence-corrected chi connectivity index (χ3v) is 1.97. The average molecular weight is 193 g/mol. The van der Waals surface area contributed by atoms with Gasteiger partial charge in [0.15, 0.2) is 0 Å². The Labute approximate surface area is 83.8 Å². The van der Waals surface area contributed by atoms with E-state index in [-0.39, 0.29) is 5.91 Å². The fourth-order valence-corrected chi connectivity index (χ4v) is 1.04. The summed E-state index contributed by atoms with van der Waals surface area (Å²) in [4.78, 5) is 11.0. The summed E-state index contributed by atoms with van der Waals surface area (Å²) < 4.78 is 0. The quantitative estimate of drug-likeness (QED) is 0.752. The maximum atomic E-state index is 11.0. The largest absolute Gasteiger partial charge is 0.384 e. The van der Waals surface area contributed by atoms with E-state index in [0.29, 0.717) is 6.54 Å². The number of hydrogen-bond acceptors (Lipinski definition) is 2. The Balaban J connectivity index is 2.46. The van der Waals surface area contributed by atoms with Crippen molar-refractivity contribution in [1.29, 1.82) is 0 Å². The zero-order chi connectivity index (χ0) is 10.6. The first-order valence-corrected chi connectivity index (χ1v) is 4.61. The van der Waals surface area contributed by atoms with Crippen molar-refractivity contribution in [3.05, 3.63) is 35.4 Å². The van der Waals surface area contributed by atoms with Gasteiger partial charge in [0, 0.05) is 6.54 Å². The van der Waals surface area contributed by atoms with E-state index in [4.69, 9.17) is 5.11 Å². The Kier molecular flexibility index (Phi) is 3.65. The van der Waals surface area contributed by atoms with Crippen LogP contribution >= 0.6 is 0 Å². The number of carbonyl (C=O) groups excluding carboxylic acids is 1. The second-order valence-corrected chi connectivity index (χ2v) is 3.38. The van der Waals surface area contributed by atoms with Gasteiger partial charge >= 0.3 is 0 Å². The normalized spacial score (nSPS) is 12.2. The smallest absolute Gasteiger partial charge is 0.248 e. The summed E-state index contributed by atoms with van der Waals surface area (Å²) in [5, 5.41) is 11.6.